The highest BCUT2D eigenvalue weighted by molar-refractivity contribution is 5.71. The van der Waals surface area contributed by atoms with E-state index in [4.69, 9.17) is 0 Å². The number of nitrogens with one attached hydrogen (secondary N) is 2. The number of rotatable bonds is 5. The molecule has 0 fully saturated rings. The molecular formula is C26H16F8N2. The van der Waals surface area contributed by atoms with E-state index in [1.165, 1.54) is 24.3 Å². The van der Waals surface area contributed by atoms with Gasteiger partial charge in [-0.2, -0.15) is 0 Å². The van der Waals surface area contributed by atoms with Crippen LogP contribution in [0.5, 0.6) is 0 Å². The standard InChI is InChI=1S/C26H16F8N2/c1-11-17(27)21(31)25(22(32)18(11)28)35-15-7-3-13(4-8-15)14-5-9-16(10-6-14)36-26-23(33)19(29)12(2)20(30)24(26)34/h3-10,35-36H,1-2H3. The molecule has 0 atom stereocenters. The fraction of sp³-hybridized carbons (Fsp3) is 0.0769. The molecule has 0 bridgehead atoms. The Labute approximate surface area is 200 Å². The third-order valence-electron chi connectivity index (χ3n) is 5.61. The van der Waals surface area contributed by atoms with Gasteiger partial charge in [0.05, 0.1) is 0 Å². The van der Waals surface area contributed by atoms with Crippen LogP contribution < -0.4 is 10.6 Å². The number of anilines is 4. The van der Waals surface area contributed by atoms with Crippen LogP contribution in [0.3, 0.4) is 0 Å². The van der Waals surface area contributed by atoms with Gasteiger partial charge in [0.1, 0.15) is 11.4 Å². The molecule has 0 spiro atoms. The first-order chi connectivity index (χ1) is 17.0. The molecule has 4 aromatic rings. The molecule has 186 valence electrons. The molecule has 0 aliphatic rings. The summed E-state index contributed by atoms with van der Waals surface area (Å²) in [4.78, 5) is 0. The van der Waals surface area contributed by atoms with Crippen LogP contribution in [-0.2, 0) is 0 Å². The zero-order valence-corrected chi connectivity index (χ0v) is 18.6. The van der Waals surface area contributed by atoms with Crippen molar-refractivity contribution in [2.24, 2.45) is 0 Å². The highest BCUT2D eigenvalue weighted by Crippen LogP contribution is 2.33. The SMILES string of the molecule is Cc1c(F)c(F)c(Nc2ccc(-c3ccc(Nc4c(F)c(F)c(C)c(F)c4F)cc3)cc2)c(F)c1F. The molecular weight excluding hydrogens is 492 g/mol. The second-order valence-corrected chi connectivity index (χ2v) is 7.92. The molecule has 0 aromatic heterocycles. The van der Waals surface area contributed by atoms with Crippen LogP contribution in [-0.4, -0.2) is 0 Å². The van der Waals surface area contributed by atoms with E-state index in [-0.39, 0.29) is 11.4 Å². The molecule has 0 aliphatic heterocycles. The molecule has 0 saturated heterocycles. The largest absolute Gasteiger partial charge is 0.351 e. The Morgan fingerprint density at radius 1 is 0.389 bits per heavy atom. The van der Waals surface area contributed by atoms with Crippen molar-refractivity contribution in [1.29, 1.82) is 0 Å². The van der Waals surface area contributed by atoms with Crippen LogP contribution in [0, 0.1) is 60.4 Å². The van der Waals surface area contributed by atoms with Crippen molar-refractivity contribution in [3.8, 4) is 11.1 Å². The van der Waals surface area contributed by atoms with Crippen molar-refractivity contribution in [3.05, 3.63) is 106 Å². The van der Waals surface area contributed by atoms with E-state index in [2.05, 4.69) is 10.6 Å². The predicted molar refractivity (Wildman–Crippen MR) is 120 cm³/mol. The lowest BCUT2D eigenvalue weighted by molar-refractivity contribution is 0.450. The normalized spacial score (nSPS) is 11.1. The topological polar surface area (TPSA) is 24.1 Å². The minimum Gasteiger partial charge on any atom is -0.351 e. The van der Waals surface area contributed by atoms with Gasteiger partial charge in [0.25, 0.3) is 0 Å². The van der Waals surface area contributed by atoms with Gasteiger partial charge in [0, 0.05) is 22.5 Å². The van der Waals surface area contributed by atoms with E-state index in [0.29, 0.717) is 11.1 Å². The highest BCUT2D eigenvalue weighted by atomic mass is 19.2. The van der Waals surface area contributed by atoms with E-state index < -0.39 is 69.0 Å². The van der Waals surface area contributed by atoms with Gasteiger partial charge in [-0.15, -0.1) is 0 Å². The third kappa shape index (κ3) is 4.34. The summed E-state index contributed by atoms with van der Waals surface area (Å²) >= 11 is 0. The lowest BCUT2D eigenvalue weighted by Crippen LogP contribution is -2.06. The van der Waals surface area contributed by atoms with E-state index in [1.54, 1.807) is 24.3 Å². The minimum absolute atomic E-state index is 0.145. The second-order valence-electron chi connectivity index (χ2n) is 7.92. The van der Waals surface area contributed by atoms with Gasteiger partial charge in [-0.3, -0.25) is 0 Å². The molecule has 0 aliphatic carbocycles. The first kappa shape index (κ1) is 25.0. The number of benzene rings is 4. The van der Waals surface area contributed by atoms with Gasteiger partial charge in [0.2, 0.25) is 0 Å². The lowest BCUT2D eigenvalue weighted by Gasteiger charge is -2.13. The van der Waals surface area contributed by atoms with Crippen molar-refractivity contribution in [2.45, 2.75) is 13.8 Å². The van der Waals surface area contributed by atoms with Crippen LogP contribution in [0.4, 0.5) is 57.9 Å². The van der Waals surface area contributed by atoms with Crippen molar-refractivity contribution in [3.63, 3.8) is 0 Å². The summed E-state index contributed by atoms with van der Waals surface area (Å²) in [5, 5.41) is 4.63. The maximum Gasteiger partial charge on any atom is 0.185 e. The average molecular weight is 508 g/mol. The van der Waals surface area contributed by atoms with Gasteiger partial charge >= 0.3 is 0 Å². The lowest BCUT2D eigenvalue weighted by atomic mass is 10.0. The summed E-state index contributed by atoms with van der Waals surface area (Å²) in [6.45, 7) is 1.83. The fourth-order valence-electron chi connectivity index (χ4n) is 3.48. The summed E-state index contributed by atoms with van der Waals surface area (Å²) in [6.07, 6.45) is 0. The van der Waals surface area contributed by atoms with Gasteiger partial charge in [0.15, 0.2) is 46.5 Å². The maximum atomic E-state index is 14.1. The summed E-state index contributed by atoms with van der Waals surface area (Å²) < 4.78 is 112. The van der Waals surface area contributed by atoms with Crippen molar-refractivity contribution < 1.29 is 35.1 Å². The zero-order chi connectivity index (χ0) is 26.3. The molecule has 0 unspecified atom stereocenters. The Hall–Kier alpha value is -4.08. The molecule has 0 heterocycles. The number of halogens is 8. The first-order valence-corrected chi connectivity index (χ1v) is 10.4. The number of hydrogen-bond acceptors (Lipinski definition) is 2. The van der Waals surface area contributed by atoms with E-state index in [1.807, 2.05) is 0 Å². The number of hydrogen-bond donors (Lipinski definition) is 2. The Bertz CT molecular complexity index is 1290. The van der Waals surface area contributed by atoms with Crippen LogP contribution >= 0.6 is 0 Å². The van der Waals surface area contributed by atoms with Crippen molar-refractivity contribution in [1.82, 2.24) is 0 Å². The molecule has 4 rings (SSSR count). The summed E-state index contributed by atoms with van der Waals surface area (Å²) in [5.74, 6) is -12.2. The third-order valence-corrected chi connectivity index (χ3v) is 5.61. The highest BCUT2D eigenvalue weighted by Gasteiger charge is 2.24. The van der Waals surface area contributed by atoms with Gasteiger partial charge < -0.3 is 10.6 Å². The van der Waals surface area contributed by atoms with Gasteiger partial charge in [-0.25, -0.2) is 35.1 Å². The van der Waals surface area contributed by atoms with Crippen LogP contribution in [0.2, 0.25) is 0 Å². The smallest absolute Gasteiger partial charge is 0.185 e. The minimum atomic E-state index is -1.56. The Morgan fingerprint density at radius 3 is 0.889 bits per heavy atom. The van der Waals surface area contributed by atoms with Gasteiger partial charge in [-0.1, -0.05) is 24.3 Å². The first-order valence-electron chi connectivity index (χ1n) is 10.4. The maximum absolute atomic E-state index is 14.1. The van der Waals surface area contributed by atoms with E-state index in [9.17, 15) is 35.1 Å². The molecule has 0 saturated carbocycles. The molecule has 4 aromatic carbocycles. The average Bonchev–Trinajstić information content (AvgIpc) is 2.89. The monoisotopic (exact) mass is 508 g/mol. The van der Waals surface area contributed by atoms with Crippen LogP contribution in [0.1, 0.15) is 11.1 Å². The van der Waals surface area contributed by atoms with Crippen molar-refractivity contribution >= 4 is 22.7 Å². The quantitative estimate of drug-likeness (QED) is 0.208. The second kappa shape index (κ2) is 9.52. The Morgan fingerprint density at radius 2 is 0.639 bits per heavy atom. The van der Waals surface area contributed by atoms with E-state index in [0.717, 1.165) is 13.8 Å². The molecule has 2 N–H and O–H groups in total. The Kier molecular flexibility index (Phi) is 6.62. The molecule has 0 amide bonds. The van der Waals surface area contributed by atoms with Crippen molar-refractivity contribution in [2.75, 3.05) is 10.6 Å². The van der Waals surface area contributed by atoms with Crippen LogP contribution in [0.25, 0.3) is 11.1 Å². The molecule has 36 heavy (non-hydrogen) atoms. The predicted octanol–water partition coefficient (Wildman–Crippen LogP) is 8.57. The van der Waals surface area contributed by atoms with Crippen LogP contribution in [0.15, 0.2) is 48.5 Å². The van der Waals surface area contributed by atoms with E-state index >= 15 is 0 Å². The summed E-state index contributed by atoms with van der Waals surface area (Å²) in [5.41, 5.74) is -1.97. The fourth-order valence-corrected chi connectivity index (χ4v) is 3.48. The molecule has 0 radical (unpaired) electrons. The van der Waals surface area contributed by atoms with Gasteiger partial charge in [-0.05, 0) is 49.2 Å². The summed E-state index contributed by atoms with van der Waals surface area (Å²) in [6, 6.07) is 11.8. The summed E-state index contributed by atoms with van der Waals surface area (Å²) in [7, 11) is 0. The molecule has 2 nitrogen and oxygen atoms in total. The zero-order valence-electron chi connectivity index (χ0n) is 18.6. The Balaban J connectivity index is 1.54. The molecule has 10 heteroatoms.